The molecule has 0 unspecified atom stereocenters. The fraction of sp³-hybridized carbons (Fsp3) is 0. The van der Waals surface area contributed by atoms with Crippen LogP contribution in [0.25, 0.3) is 16.3 Å². The predicted molar refractivity (Wildman–Crippen MR) is 111 cm³/mol. The lowest BCUT2D eigenvalue weighted by atomic mass is 10.2. The zero-order valence-electron chi connectivity index (χ0n) is 13.5. The molecule has 0 aliphatic heterocycles. The molecule has 0 atom stereocenters. The maximum atomic E-state index is 11.9. The number of nitro groups is 1. The molecule has 2 N–H and O–H groups in total. The Morgan fingerprint density at radius 2 is 2.00 bits per heavy atom. The number of carbonyl (C=O) groups is 1. The highest BCUT2D eigenvalue weighted by Crippen LogP contribution is 2.29. The van der Waals surface area contributed by atoms with E-state index < -0.39 is 10.8 Å². The Kier molecular flexibility index (Phi) is 5.75. The summed E-state index contributed by atoms with van der Waals surface area (Å²) in [6, 6.07) is 11.4. The Labute approximate surface area is 167 Å². The molecule has 0 bridgehead atoms. The minimum atomic E-state index is -0.468. The summed E-state index contributed by atoms with van der Waals surface area (Å²) < 4.78 is 0.642. The molecule has 10 heteroatoms. The monoisotopic (exact) mass is 418 g/mol. The van der Waals surface area contributed by atoms with Gasteiger partial charge in [0, 0.05) is 23.2 Å². The second-order valence-electron chi connectivity index (χ2n) is 5.26. The van der Waals surface area contributed by atoms with E-state index in [1.54, 1.807) is 36.4 Å². The van der Waals surface area contributed by atoms with Gasteiger partial charge in [0.25, 0.3) is 5.69 Å². The first-order valence-electron chi connectivity index (χ1n) is 7.51. The van der Waals surface area contributed by atoms with E-state index in [1.165, 1.54) is 29.5 Å². The van der Waals surface area contributed by atoms with Crippen LogP contribution in [0.5, 0.6) is 0 Å². The summed E-state index contributed by atoms with van der Waals surface area (Å²) in [4.78, 5) is 26.6. The Morgan fingerprint density at radius 3 is 2.70 bits per heavy atom. The SMILES string of the molecule is O=C(/C=C/c1ccc(Cl)cc1)NC(=S)Nc1nc2ccc([N+](=O)[O-])cc2s1. The van der Waals surface area contributed by atoms with Crippen LogP contribution < -0.4 is 10.6 Å². The molecule has 2 aromatic carbocycles. The van der Waals surface area contributed by atoms with Crippen molar-refractivity contribution in [2.75, 3.05) is 5.32 Å². The third-order valence-electron chi connectivity index (χ3n) is 3.34. The summed E-state index contributed by atoms with van der Waals surface area (Å²) >= 11 is 12.1. The molecule has 0 saturated heterocycles. The molecule has 0 aliphatic rings. The van der Waals surface area contributed by atoms with Crippen molar-refractivity contribution in [3.8, 4) is 0 Å². The maximum Gasteiger partial charge on any atom is 0.270 e. The van der Waals surface area contributed by atoms with Crippen molar-refractivity contribution < 1.29 is 9.72 Å². The van der Waals surface area contributed by atoms with E-state index in [0.29, 0.717) is 20.4 Å². The number of nitrogens with one attached hydrogen (secondary N) is 2. The van der Waals surface area contributed by atoms with Gasteiger partial charge in [0.1, 0.15) is 0 Å². The van der Waals surface area contributed by atoms with Gasteiger partial charge in [-0.3, -0.25) is 20.2 Å². The van der Waals surface area contributed by atoms with E-state index in [0.717, 1.165) is 5.56 Å². The molecular weight excluding hydrogens is 408 g/mol. The number of thiazole rings is 1. The molecule has 7 nitrogen and oxygen atoms in total. The topological polar surface area (TPSA) is 97.2 Å². The fourth-order valence-electron chi connectivity index (χ4n) is 2.11. The van der Waals surface area contributed by atoms with Gasteiger partial charge < -0.3 is 5.32 Å². The van der Waals surface area contributed by atoms with Gasteiger partial charge in [-0.15, -0.1) is 0 Å². The van der Waals surface area contributed by atoms with E-state index in [2.05, 4.69) is 15.6 Å². The highest BCUT2D eigenvalue weighted by Gasteiger charge is 2.11. The minimum Gasteiger partial charge on any atom is -0.308 e. The predicted octanol–water partition coefficient (Wildman–Crippen LogP) is 4.38. The van der Waals surface area contributed by atoms with Crippen LogP contribution in [0.4, 0.5) is 10.8 Å². The standard InChI is InChI=1S/C17H11ClN4O3S2/c18-11-4-1-10(2-5-11)3-8-15(23)20-16(26)21-17-19-13-7-6-12(22(24)25)9-14(13)27-17/h1-9H,(H2,19,20,21,23,26)/b8-3+. The van der Waals surface area contributed by atoms with Crippen LogP contribution in [0.1, 0.15) is 5.56 Å². The van der Waals surface area contributed by atoms with Gasteiger partial charge >= 0.3 is 0 Å². The van der Waals surface area contributed by atoms with E-state index >= 15 is 0 Å². The summed E-state index contributed by atoms with van der Waals surface area (Å²) in [6.45, 7) is 0. The van der Waals surface area contributed by atoms with Gasteiger partial charge in [-0.25, -0.2) is 4.98 Å². The third kappa shape index (κ3) is 5.07. The van der Waals surface area contributed by atoms with Crippen molar-refractivity contribution in [3.05, 3.63) is 69.2 Å². The summed E-state index contributed by atoms with van der Waals surface area (Å²) in [5.74, 6) is -0.404. The number of nitro benzene ring substituents is 1. The number of hydrogen-bond acceptors (Lipinski definition) is 6. The highest BCUT2D eigenvalue weighted by molar-refractivity contribution is 7.80. The lowest BCUT2D eigenvalue weighted by molar-refractivity contribution is -0.384. The van der Waals surface area contributed by atoms with E-state index in [-0.39, 0.29) is 10.8 Å². The summed E-state index contributed by atoms with van der Waals surface area (Å²) in [7, 11) is 0. The first kappa shape index (κ1) is 18.9. The molecule has 27 heavy (non-hydrogen) atoms. The Balaban J connectivity index is 1.61. The second kappa shape index (κ2) is 8.21. The van der Waals surface area contributed by atoms with Gasteiger partial charge in [0.05, 0.1) is 15.1 Å². The van der Waals surface area contributed by atoms with E-state index in [9.17, 15) is 14.9 Å². The molecule has 136 valence electrons. The zero-order chi connectivity index (χ0) is 19.4. The van der Waals surface area contributed by atoms with Crippen molar-refractivity contribution >= 4 is 73.3 Å². The number of thiocarbonyl (C=S) groups is 1. The number of amides is 1. The Morgan fingerprint density at radius 1 is 1.26 bits per heavy atom. The Bertz CT molecular complexity index is 1060. The summed E-state index contributed by atoms with van der Waals surface area (Å²) in [5, 5.41) is 17.3. The number of halogens is 1. The number of nitrogens with zero attached hydrogens (tertiary/aromatic N) is 2. The van der Waals surface area contributed by atoms with Crippen LogP contribution in [0.2, 0.25) is 5.02 Å². The van der Waals surface area contributed by atoms with Gasteiger partial charge in [-0.05, 0) is 42.1 Å². The molecule has 1 amide bonds. The smallest absolute Gasteiger partial charge is 0.270 e. The normalized spacial score (nSPS) is 10.9. The summed E-state index contributed by atoms with van der Waals surface area (Å²) in [5.41, 5.74) is 1.41. The van der Waals surface area contributed by atoms with Crippen molar-refractivity contribution in [3.63, 3.8) is 0 Å². The molecule has 0 aliphatic carbocycles. The first-order valence-corrected chi connectivity index (χ1v) is 9.11. The second-order valence-corrected chi connectivity index (χ2v) is 7.13. The van der Waals surface area contributed by atoms with Crippen molar-refractivity contribution in [1.29, 1.82) is 0 Å². The van der Waals surface area contributed by atoms with E-state index in [4.69, 9.17) is 23.8 Å². The maximum absolute atomic E-state index is 11.9. The molecule has 0 fully saturated rings. The van der Waals surface area contributed by atoms with Crippen LogP contribution in [-0.4, -0.2) is 20.9 Å². The number of anilines is 1. The number of aromatic nitrogens is 1. The van der Waals surface area contributed by atoms with Crippen LogP contribution in [0, 0.1) is 10.1 Å². The van der Waals surface area contributed by atoms with Gasteiger partial charge in [0.2, 0.25) is 5.91 Å². The van der Waals surface area contributed by atoms with Gasteiger partial charge in [-0.1, -0.05) is 35.1 Å². The number of hydrogen-bond donors (Lipinski definition) is 2. The zero-order valence-corrected chi connectivity index (χ0v) is 15.9. The minimum absolute atomic E-state index is 0.0130. The molecule has 0 spiro atoms. The largest absolute Gasteiger partial charge is 0.308 e. The molecular formula is C17H11ClN4O3S2. The number of carbonyl (C=O) groups excluding carboxylic acids is 1. The molecule has 1 heterocycles. The molecule has 1 aromatic heterocycles. The van der Waals surface area contributed by atoms with Crippen LogP contribution in [-0.2, 0) is 4.79 Å². The average Bonchev–Trinajstić information content (AvgIpc) is 3.02. The van der Waals surface area contributed by atoms with E-state index in [1.807, 2.05) is 0 Å². The van der Waals surface area contributed by atoms with Crippen LogP contribution in [0.15, 0.2) is 48.5 Å². The van der Waals surface area contributed by atoms with Crippen LogP contribution >= 0.6 is 35.2 Å². The third-order valence-corrected chi connectivity index (χ3v) is 4.73. The molecule has 0 saturated carbocycles. The Hall–Kier alpha value is -2.88. The molecule has 3 rings (SSSR count). The van der Waals surface area contributed by atoms with Crippen LogP contribution in [0.3, 0.4) is 0 Å². The lowest BCUT2D eigenvalue weighted by Gasteiger charge is -2.04. The highest BCUT2D eigenvalue weighted by atomic mass is 35.5. The van der Waals surface area contributed by atoms with Crippen molar-refractivity contribution in [2.45, 2.75) is 0 Å². The average molecular weight is 419 g/mol. The lowest BCUT2D eigenvalue weighted by Crippen LogP contribution is -2.32. The van der Waals surface area contributed by atoms with Crippen molar-refractivity contribution in [2.24, 2.45) is 0 Å². The first-order chi connectivity index (χ1) is 12.9. The summed E-state index contributed by atoms with van der Waals surface area (Å²) in [6.07, 6.45) is 2.98. The fourth-order valence-corrected chi connectivity index (χ4v) is 3.40. The number of fused-ring (bicyclic) bond motifs is 1. The quantitative estimate of drug-likeness (QED) is 0.282. The molecule has 0 radical (unpaired) electrons. The number of rotatable bonds is 4. The van der Waals surface area contributed by atoms with Gasteiger partial charge in [-0.2, -0.15) is 0 Å². The van der Waals surface area contributed by atoms with Gasteiger partial charge in [0.15, 0.2) is 10.2 Å². The van der Waals surface area contributed by atoms with Crippen molar-refractivity contribution in [1.82, 2.24) is 10.3 Å². The number of non-ortho nitro benzene ring substituents is 1. The molecule has 3 aromatic rings. The number of benzene rings is 2.